The molecule has 0 saturated carbocycles. The molecular formula is C22H24N2O6S. The quantitative estimate of drug-likeness (QED) is 0.475. The normalized spacial score (nSPS) is 11.2. The van der Waals surface area contributed by atoms with Crippen LogP contribution in [0.5, 0.6) is 5.75 Å². The number of sulfonamides is 1. The molecule has 1 heterocycles. The first kappa shape index (κ1) is 22.2. The summed E-state index contributed by atoms with van der Waals surface area (Å²) in [6, 6.07) is 14.3. The van der Waals surface area contributed by atoms with Gasteiger partial charge in [0.15, 0.2) is 0 Å². The Morgan fingerprint density at radius 1 is 1.10 bits per heavy atom. The molecule has 0 bridgehead atoms. The van der Waals surface area contributed by atoms with Crippen LogP contribution in [-0.4, -0.2) is 27.6 Å². The standard InChI is InChI=1S/C22H24N2O6S/c1-15(2)30-22(25)16-6-11-20(23-14-19-5-4-12-29-19)21(13-16)31(26,27)24-17-7-9-18(28-3)10-8-17/h4-13,15,23-24H,14H2,1-3H3. The number of hydrogen-bond acceptors (Lipinski definition) is 7. The Balaban J connectivity index is 1.94. The molecule has 0 aliphatic rings. The van der Waals surface area contributed by atoms with Crippen molar-refractivity contribution >= 4 is 27.4 Å². The molecule has 3 rings (SSSR count). The molecule has 3 aromatic rings. The number of ether oxygens (including phenoxy) is 2. The average molecular weight is 445 g/mol. The van der Waals surface area contributed by atoms with E-state index in [1.165, 1.54) is 31.6 Å². The first-order valence-electron chi connectivity index (χ1n) is 9.56. The molecule has 9 heteroatoms. The molecule has 0 fully saturated rings. The van der Waals surface area contributed by atoms with Crippen molar-refractivity contribution in [3.05, 3.63) is 72.2 Å². The SMILES string of the molecule is COc1ccc(NS(=O)(=O)c2cc(C(=O)OC(C)C)ccc2NCc2ccco2)cc1. The summed E-state index contributed by atoms with van der Waals surface area (Å²) in [6.45, 7) is 3.72. The number of nitrogens with one attached hydrogen (secondary N) is 2. The van der Waals surface area contributed by atoms with Crippen LogP contribution in [0.3, 0.4) is 0 Å². The van der Waals surface area contributed by atoms with E-state index in [1.807, 2.05) is 0 Å². The zero-order valence-electron chi connectivity index (χ0n) is 17.4. The molecule has 0 aliphatic heterocycles. The van der Waals surface area contributed by atoms with Crippen molar-refractivity contribution in [1.29, 1.82) is 0 Å². The summed E-state index contributed by atoms with van der Waals surface area (Å²) in [5.41, 5.74) is 0.804. The van der Waals surface area contributed by atoms with E-state index in [0.717, 1.165) is 0 Å². The lowest BCUT2D eigenvalue weighted by atomic mass is 10.2. The Bertz CT molecular complexity index is 1120. The van der Waals surface area contributed by atoms with Crippen molar-refractivity contribution in [3.63, 3.8) is 0 Å². The van der Waals surface area contributed by atoms with E-state index in [0.29, 0.717) is 22.9 Å². The summed E-state index contributed by atoms with van der Waals surface area (Å²) in [5, 5.41) is 3.05. The molecule has 1 aromatic heterocycles. The highest BCUT2D eigenvalue weighted by atomic mass is 32.2. The zero-order valence-corrected chi connectivity index (χ0v) is 18.2. The molecule has 0 amide bonds. The van der Waals surface area contributed by atoms with E-state index in [-0.39, 0.29) is 23.1 Å². The number of methoxy groups -OCH3 is 1. The third kappa shape index (κ3) is 5.79. The van der Waals surface area contributed by atoms with Gasteiger partial charge in [0.25, 0.3) is 10.0 Å². The van der Waals surface area contributed by atoms with Gasteiger partial charge < -0.3 is 19.2 Å². The average Bonchev–Trinajstić information content (AvgIpc) is 3.25. The van der Waals surface area contributed by atoms with Gasteiger partial charge in [-0.25, -0.2) is 13.2 Å². The van der Waals surface area contributed by atoms with Gasteiger partial charge in [-0.05, 0) is 68.4 Å². The van der Waals surface area contributed by atoms with Crippen molar-refractivity contribution in [2.24, 2.45) is 0 Å². The highest BCUT2D eigenvalue weighted by Crippen LogP contribution is 2.27. The van der Waals surface area contributed by atoms with Crippen molar-refractivity contribution in [3.8, 4) is 5.75 Å². The lowest BCUT2D eigenvalue weighted by Crippen LogP contribution is -2.17. The molecule has 0 spiro atoms. The summed E-state index contributed by atoms with van der Waals surface area (Å²) >= 11 is 0. The predicted molar refractivity (Wildman–Crippen MR) is 117 cm³/mol. The third-order valence-corrected chi connectivity index (χ3v) is 5.65. The Kier molecular flexibility index (Phi) is 6.86. The fourth-order valence-corrected chi connectivity index (χ4v) is 4.03. The minimum atomic E-state index is -4.03. The molecule has 0 unspecified atom stereocenters. The molecule has 2 N–H and O–H groups in total. The number of esters is 1. The lowest BCUT2D eigenvalue weighted by molar-refractivity contribution is 0.0377. The maximum absolute atomic E-state index is 13.2. The van der Waals surface area contributed by atoms with Crippen LogP contribution in [0.4, 0.5) is 11.4 Å². The third-order valence-electron chi connectivity index (χ3n) is 4.22. The van der Waals surface area contributed by atoms with Crippen LogP contribution in [0.2, 0.25) is 0 Å². The summed E-state index contributed by atoms with van der Waals surface area (Å²) in [7, 11) is -2.51. The summed E-state index contributed by atoms with van der Waals surface area (Å²) in [5.74, 6) is 0.630. The zero-order chi connectivity index (χ0) is 22.4. The number of hydrogen-bond donors (Lipinski definition) is 2. The van der Waals surface area contributed by atoms with Gasteiger partial charge in [-0.3, -0.25) is 4.72 Å². The Labute approximate surface area is 181 Å². The van der Waals surface area contributed by atoms with Crippen LogP contribution >= 0.6 is 0 Å². The van der Waals surface area contributed by atoms with Crippen molar-refractivity contribution in [2.45, 2.75) is 31.4 Å². The van der Waals surface area contributed by atoms with E-state index < -0.39 is 16.0 Å². The molecule has 164 valence electrons. The van der Waals surface area contributed by atoms with E-state index >= 15 is 0 Å². The van der Waals surface area contributed by atoms with Crippen molar-refractivity contribution in [1.82, 2.24) is 0 Å². The molecule has 2 aromatic carbocycles. The van der Waals surface area contributed by atoms with Gasteiger partial charge in [-0.2, -0.15) is 0 Å². The van der Waals surface area contributed by atoms with E-state index in [4.69, 9.17) is 13.9 Å². The Morgan fingerprint density at radius 2 is 1.84 bits per heavy atom. The topological polar surface area (TPSA) is 107 Å². The number of rotatable bonds is 9. The molecule has 0 aliphatic carbocycles. The summed E-state index contributed by atoms with van der Waals surface area (Å²) < 4.78 is 44.5. The number of anilines is 2. The van der Waals surface area contributed by atoms with Crippen LogP contribution < -0.4 is 14.8 Å². The minimum absolute atomic E-state index is 0.0897. The maximum atomic E-state index is 13.2. The maximum Gasteiger partial charge on any atom is 0.338 e. The number of benzene rings is 2. The molecule has 0 radical (unpaired) electrons. The molecular weight excluding hydrogens is 420 g/mol. The van der Waals surface area contributed by atoms with E-state index in [1.54, 1.807) is 50.2 Å². The monoisotopic (exact) mass is 444 g/mol. The van der Waals surface area contributed by atoms with Gasteiger partial charge in [0.2, 0.25) is 0 Å². The molecule has 31 heavy (non-hydrogen) atoms. The lowest BCUT2D eigenvalue weighted by Gasteiger charge is -2.15. The Morgan fingerprint density at radius 3 is 2.45 bits per heavy atom. The minimum Gasteiger partial charge on any atom is -0.497 e. The fraction of sp³-hybridized carbons (Fsp3) is 0.227. The van der Waals surface area contributed by atoms with Crippen LogP contribution in [0.1, 0.15) is 30.0 Å². The smallest absolute Gasteiger partial charge is 0.338 e. The second kappa shape index (κ2) is 9.57. The van der Waals surface area contributed by atoms with Crippen LogP contribution in [0, 0.1) is 0 Å². The fourth-order valence-electron chi connectivity index (χ4n) is 2.76. The van der Waals surface area contributed by atoms with Crippen molar-refractivity contribution < 1.29 is 27.1 Å². The molecule has 8 nitrogen and oxygen atoms in total. The van der Waals surface area contributed by atoms with E-state index in [2.05, 4.69) is 10.0 Å². The first-order valence-corrected chi connectivity index (χ1v) is 11.0. The summed E-state index contributed by atoms with van der Waals surface area (Å²) in [6.07, 6.45) is 1.20. The Hall–Kier alpha value is -3.46. The number of carbonyl (C=O) groups is 1. The largest absolute Gasteiger partial charge is 0.497 e. The molecule has 0 saturated heterocycles. The van der Waals surface area contributed by atoms with Crippen molar-refractivity contribution in [2.75, 3.05) is 17.1 Å². The van der Waals surface area contributed by atoms with Crippen LogP contribution in [-0.2, 0) is 21.3 Å². The van der Waals surface area contributed by atoms with Gasteiger partial charge >= 0.3 is 5.97 Å². The first-order chi connectivity index (χ1) is 14.8. The molecule has 0 atom stereocenters. The van der Waals surface area contributed by atoms with Crippen LogP contribution in [0.25, 0.3) is 0 Å². The summed E-state index contributed by atoms with van der Waals surface area (Å²) in [4.78, 5) is 12.2. The van der Waals surface area contributed by atoms with Gasteiger partial charge in [-0.15, -0.1) is 0 Å². The van der Waals surface area contributed by atoms with E-state index in [9.17, 15) is 13.2 Å². The highest BCUT2D eigenvalue weighted by Gasteiger charge is 2.22. The second-order valence-electron chi connectivity index (χ2n) is 6.93. The van der Waals surface area contributed by atoms with Gasteiger partial charge in [0.05, 0.1) is 37.3 Å². The van der Waals surface area contributed by atoms with Gasteiger partial charge in [-0.1, -0.05) is 0 Å². The predicted octanol–water partition coefficient (Wildman–Crippen LogP) is 4.27. The van der Waals surface area contributed by atoms with Crippen LogP contribution in [0.15, 0.2) is 70.2 Å². The number of furan rings is 1. The second-order valence-corrected chi connectivity index (χ2v) is 8.58. The van der Waals surface area contributed by atoms with Gasteiger partial charge in [0, 0.05) is 5.69 Å². The number of carbonyl (C=O) groups excluding carboxylic acids is 1. The highest BCUT2D eigenvalue weighted by molar-refractivity contribution is 7.92. The van der Waals surface area contributed by atoms with Gasteiger partial charge in [0.1, 0.15) is 16.4 Å².